The second-order valence-electron chi connectivity index (χ2n) is 11.5. The van der Waals surface area contributed by atoms with Crippen molar-refractivity contribution in [2.24, 2.45) is 11.8 Å². The average Bonchev–Trinajstić information content (AvgIpc) is 2.89. The Balaban J connectivity index is 1.32. The van der Waals surface area contributed by atoms with Gasteiger partial charge in [0.1, 0.15) is 5.60 Å². The van der Waals surface area contributed by atoms with E-state index >= 15 is 0 Å². The van der Waals surface area contributed by atoms with Crippen molar-refractivity contribution in [3.05, 3.63) is 107 Å². The summed E-state index contributed by atoms with van der Waals surface area (Å²) in [5.74, 6) is 0.896. The first kappa shape index (κ1) is 25.7. The molecule has 186 valence electrons. The first-order chi connectivity index (χ1) is 16.8. The molecule has 0 radical (unpaired) electrons. The molecule has 1 fully saturated rings. The van der Waals surface area contributed by atoms with E-state index in [0.29, 0.717) is 5.92 Å². The Labute approximate surface area is 212 Å². The third-order valence-electron chi connectivity index (χ3n) is 8.12. The molecule has 4 rings (SSSR count). The second kappa shape index (κ2) is 11.1. The van der Waals surface area contributed by atoms with Gasteiger partial charge in [-0.15, -0.1) is 0 Å². The normalized spacial score (nSPS) is 19.9. The number of hydrogen-bond donors (Lipinski definition) is 2. The van der Waals surface area contributed by atoms with Gasteiger partial charge in [0.15, 0.2) is 0 Å². The van der Waals surface area contributed by atoms with Crippen LogP contribution in [0.1, 0.15) is 94.1 Å². The van der Waals surface area contributed by atoms with Crippen LogP contribution >= 0.6 is 0 Å². The fourth-order valence-electron chi connectivity index (χ4n) is 5.86. The van der Waals surface area contributed by atoms with Gasteiger partial charge in [-0.1, -0.05) is 131 Å². The summed E-state index contributed by atoms with van der Waals surface area (Å²) >= 11 is 0. The summed E-state index contributed by atoms with van der Waals surface area (Å²) in [4.78, 5) is 0. The molecule has 0 amide bonds. The van der Waals surface area contributed by atoms with E-state index < -0.39 is 5.60 Å². The highest BCUT2D eigenvalue weighted by atomic mass is 16.3. The maximum Gasteiger partial charge on any atom is 0.117 e. The Bertz CT molecular complexity index is 986. The third kappa shape index (κ3) is 6.05. The van der Waals surface area contributed by atoms with Gasteiger partial charge in [-0.25, -0.2) is 0 Å². The van der Waals surface area contributed by atoms with Crippen LogP contribution in [0.3, 0.4) is 0 Å². The van der Waals surface area contributed by atoms with Gasteiger partial charge in [-0.3, -0.25) is 0 Å². The first-order valence-electron chi connectivity index (χ1n) is 13.4. The van der Waals surface area contributed by atoms with Crippen molar-refractivity contribution in [2.45, 2.75) is 82.8 Å². The van der Waals surface area contributed by atoms with Crippen LogP contribution in [-0.2, 0) is 11.0 Å². The van der Waals surface area contributed by atoms with Crippen molar-refractivity contribution in [3.63, 3.8) is 0 Å². The lowest BCUT2D eigenvalue weighted by Crippen LogP contribution is -2.38. The van der Waals surface area contributed by atoms with Crippen LogP contribution < -0.4 is 0 Å². The molecule has 0 saturated heterocycles. The molecule has 1 aliphatic carbocycles. The minimum absolute atomic E-state index is 0.134. The maximum absolute atomic E-state index is 12.1. The Hall–Kier alpha value is -2.42. The number of hydrogen-bond acceptors (Lipinski definition) is 2. The molecule has 2 N–H and O–H groups in total. The summed E-state index contributed by atoms with van der Waals surface area (Å²) in [5, 5.41) is 22.8. The van der Waals surface area contributed by atoms with E-state index in [0.717, 1.165) is 61.6 Å². The number of aliphatic hydroxyl groups is 2. The van der Waals surface area contributed by atoms with Crippen LogP contribution in [0.5, 0.6) is 0 Å². The van der Waals surface area contributed by atoms with E-state index in [9.17, 15) is 10.2 Å². The van der Waals surface area contributed by atoms with Crippen LogP contribution in [0.4, 0.5) is 0 Å². The van der Waals surface area contributed by atoms with Crippen molar-refractivity contribution >= 4 is 0 Å². The molecule has 1 atom stereocenters. The van der Waals surface area contributed by atoms with Gasteiger partial charge in [0.25, 0.3) is 0 Å². The van der Waals surface area contributed by atoms with E-state index in [2.05, 4.69) is 69.3 Å². The highest BCUT2D eigenvalue weighted by Gasteiger charge is 2.41. The summed E-state index contributed by atoms with van der Waals surface area (Å²) in [7, 11) is 0. The molecule has 3 aromatic rings. The first-order valence-corrected chi connectivity index (χ1v) is 13.4. The van der Waals surface area contributed by atoms with Gasteiger partial charge in [0.2, 0.25) is 0 Å². The van der Waals surface area contributed by atoms with Crippen molar-refractivity contribution < 1.29 is 10.2 Å². The zero-order valence-corrected chi connectivity index (χ0v) is 21.7. The van der Waals surface area contributed by atoms with Gasteiger partial charge in [-0.05, 0) is 58.8 Å². The number of aliphatic hydroxyl groups excluding tert-OH is 1. The van der Waals surface area contributed by atoms with Gasteiger partial charge in [0, 0.05) is 0 Å². The monoisotopic (exact) mass is 470 g/mol. The average molecular weight is 471 g/mol. The summed E-state index contributed by atoms with van der Waals surface area (Å²) in [6.45, 7) is 6.65. The predicted molar refractivity (Wildman–Crippen MR) is 145 cm³/mol. The molecule has 1 aliphatic rings. The largest absolute Gasteiger partial charge is 0.388 e. The van der Waals surface area contributed by atoms with Crippen LogP contribution in [0.2, 0.25) is 0 Å². The minimum Gasteiger partial charge on any atom is -0.388 e. The van der Waals surface area contributed by atoms with Crippen molar-refractivity contribution in [3.8, 4) is 0 Å². The molecule has 0 aliphatic heterocycles. The lowest BCUT2D eigenvalue weighted by molar-refractivity contribution is -0.00829. The summed E-state index contributed by atoms with van der Waals surface area (Å²) in [6.07, 6.45) is 6.96. The molecule has 2 nitrogen and oxygen atoms in total. The van der Waals surface area contributed by atoms with E-state index in [4.69, 9.17) is 0 Å². The van der Waals surface area contributed by atoms with Crippen LogP contribution in [0.15, 0.2) is 84.9 Å². The fraction of sp³-hybridized carbons (Fsp3) is 0.455. The molecule has 35 heavy (non-hydrogen) atoms. The highest BCUT2D eigenvalue weighted by Crippen LogP contribution is 2.46. The Morgan fingerprint density at radius 2 is 1.23 bits per heavy atom. The minimum atomic E-state index is -0.942. The zero-order valence-electron chi connectivity index (χ0n) is 21.7. The van der Waals surface area contributed by atoms with Gasteiger partial charge in [-0.2, -0.15) is 0 Å². The SMILES string of the molecule is CC(C)(C)c1ccc([C@H](O)CCCC2CCC(C(O)(c3ccccc3)c3ccccc3)CC2)cc1. The lowest BCUT2D eigenvalue weighted by atomic mass is 9.67. The number of benzene rings is 3. The highest BCUT2D eigenvalue weighted by molar-refractivity contribution is 5.37. The van der Waals surface area contributed by atoms with E-state index in [1.165, 1.54) is 5.56 Å². The van der Waals surface area contributed by atoms with Gasteiger partial charge < -0.3 is 10.2 Å². The van der Waals surface area contributed by atoms with Crippen LogP contribution in [-0.4, -0.2) is 10.2 Å². The van der Waals surface area contributed by atoms with E-state index in [1.54, 1.807) is 0 Å². The lowest BCUT2D eigenvalue weighted by Gasteiger charge is -2.41. The molecule has 0 heterocycles. The fourth-order valence-corrected chi connectivity index (χ4v) is 5.86. The van der Waals surface area contributed by atoms with Gasteiger partial charge in [0.05, 0.1) is 6.10 Å². The van der Waals surface area contributed by atoms with Gasteiger partial charge >= 0.3 is 0 Å². The van der Waals surface area contributed by atoms with Crippen molar-refractivity contribution in [1.29, 1.82) is 0 Å². The molecule has 2 heteroatoms. The van der Waals surface area contributed by atoms with E-state index in [-0.39, 0.29) is 17.4 Å². The number of rotatable bonds is 8. The zero-order chi connectivity index (χ0) is 24.9. The Kier molecular flexibility index (Phi) is 8.14. The summed E-state index contributed by atoms with van der Waals surface area (Å²) in [5.41, 5.74) is 3.51. The standard InChI is InChI=1S/C33H42O2/c1-32(2,3)27-23-19-26(20-24-27)31(34)16-10-11-25-17-21-30(22-18-25)33(35,28-12-6-4-7-13-28)29-14-8-5-9-15-29/h4-9,12-15,19-20,23-25,30-31,34-35H,10-11,16-18,21-22H2,1-3H3/t25?,30?,31-/m1/s1. The van der Waals surface area contributed by atoms with Crippen molar-refractivity contribution in [2.75, 3.05) is 0 Å². The molecule has 0 bridgehead atoms. The summed E-state index contributed by atoms with van der Waals surface area (Å²) < 4.78 is 0. The van der Waals surface area contributed by atoms with Crippen LogP contribution in [0, 0.1) is 11.8 Å². The molecular formula is C33H42O2. The topological polar surface area (TPSA) is 40.5 Å². The molecular weight excluding hydrogens is 428 g/mol. The Morgan fingerprint density at radius 1 is 0.714 bits per heavy atom. The molecule has 0 unspecified atom stereocenters. The smallest absolute Gasteiger partial charge is 0.117 e. The summed E-state index contributed by atoms with van der Waals surface area (Å²) in [6, 6.07) is 28.9. The molecule has 0 spiro atoms. The molecule has 3 aromatic carbocycles. The third-order valence-corrected chi connectivity index (χ3v) is 8.12. The Morgan fingerprint density at radius 3 is 1.71 bits per heavy atom. The maximum atomic E-state index is 12.1. The second-order valence-corrected chi connectivity index (χ2v) is 11.5. The quantitative estimate of drug-likeness (QED) is 0.351. The molecule has 0 aromatic heterocycles. The molecule has 1 saturated carbocycles. The predicted octanol–water partition coefficient (Wildman–Crippen LogP) is 7.93. The van der Waals surface area contributed by atoms with Crippen LogP contribution in [0.25, 0.3) is 0 Å². The van der Waals surface area contributed by atoms with E-state index in [1.807, 2.05) is 36.4 Å². The van der Waals surface area contributed by atoms with Crippen molar-refractivity contribution in [1.82, 2.24) is 0 Å².